The van der Waals surface area contributed by atoms with E-state index in [1.54, 1.807) is 42.5 Å². The number of nitrogens with one attached hydrogen (secondary N) is 6. The summed E-state index contributed by atoms with van der Waals surface area (Å²) in [4.78, 5) is 26.5. The van der Waals surface area contributed by atoms with E-state index in [0.29, 0.717) is 48.4 Å². The molecular weight excluding hydrogens is 1400 g/mol. The summed E-state index contributed by atoms with van der Waals surface area (Å²) < 4.78 is 87.0. The van der Waals surface area contributed by atoms with Gasteiger partial charge < -0.3 is 75.5 Å². The van der Waals surface area contributed by atoms with Crippen LogP contribution in [0.25, 0.3) is 0 Å². The highest BCUT2D eigenvalue weighted by Gasteiger charge is 2.31. The summed E-state index contributed by atoms with van der Waals surface area (Å²) in [5.41, 5.74) is 7.37. The van der Waals surface area contributed by atoms with E-state index in [0.717, 1.165) is 186 Å². The van der Waals surface area contributed by atoms with E-state index in [4.69, 9.17) is 55.9 Å². The van der Waals surface area contributed by atoms with Crippen LogP contribution >= 0.6 is 46.4 Å². The molecule has 0 spiro atoms. The van der Waals surface area contributed by atoms with Gasteiger partial charge in [0.15, 0.2) is 15.6 Å². The molecule has 6 heterocycles. The molecule has 13 rings (SSSR count). The molecule has 0 saturated carbocycles. The Labute approximate surface area is 612 Å². The van der Waals surface area contributed by atoms with Gasteiger partial charge in [-0.15, -0.1) is 13.2 Å². The highest BCUT2D eigenvalue weighted by atomic mass is 35.5. The number of ether oxygens (including phenoxy) is 3. The Morgan fingerprint density at radius 3 is 1.27 bits per heavy atom. The first-order valence-corrected chi connectivity index (χ1v) is 37.7. The van der Waals surface area contributed by atoms with Crippen LogP contribution in [-0.4, -0.2) is 197 Å². The van der Waals surface area contributed by atoms with Gasteiger partial charge in [0.2, 0.25) is 0 Å². The summed E-state index contributed by atoms with van der Waals surface area (Å²) in [7, 11) is -3.08. The summed E-state index contributed by atoms with van der Waals surface area (Å²) >= 11 is 24.0. The summed E-state index contributed by atoms with van der Waals surface area (Å²) in [6, 6.07) is 44.8. The predicted molar refractivity (Wildman–Crippen MR) is 406 cm³/mol. The van der Waals surface area contributed by atoms with Crippen LogP contribution in [-0.2, 0) is 9.84 Å². The fourth-order valence-corrected chi connectivity index (χ4v) is 13.0. The quantitative estimate of drug-likeness (QED) is 0.0448. The number of piperazine rings is 6. The Kier molecular flexibility index (Phi) is 32.1. The van der Waals surface area contributed by atoms with Crippen LogP contribution in [0.2, 0.25) is 20.1 Å². The molecule has 18 nitrogen and oxygen atoms in total. The molecule has 0 bridgehead atoms. The number of hydrogen-bond donors (Lipinski definition) is 6. The maximum absolute atomic E-state index is 13.5. The second kappa shape index (κ2) is 40.7. The number of rotatable bonds is 14. The number of halogens is 8. The second-order valence-corrected chi connectivity index (χ2v) is 28.2. The average Bonchev–Trinajstić information content (AvgIpc) is 0.821. The van der Waals surface area contributed by atoms with Crippen molar-refractivity contribution >= 4 is 96.1 Å². The largest absolute Gasteiger partial charge is 0.573 e. The number of anilines is 6. The number of sulfone groups is 1. The fourth-order valence-electron chi connectivity index (χ4n) is 11.7. The van der Waals surface area contributed by atoms with Gasteiger partial charge in [0.05, 0.1) is 33.3 Å². The van der Waals surface area contributed by atoms with E-state index in [1.165, 1.54) is 35.8 Å². The number of carbonyl (C=O) groups is 1. The number of alkyl halides is 3. The number of carbonyl (C=O) groups excluding carboxylic acids is 1. The van der Waals surface area contributed by atoms with Gasteiger partial charge in [-0.3, -0.25) is 4.79 Å². The molecule has 6 saturated heterocycles. The molecule has 0 amide bonds. The zero-order valence-electron chi connectivity index (χ0n) is 57.8. The van der Waals surface area contributed by atoms with E-state index in [-0.39, 0.29) is 23.5 Å². The normalized spacial score (nSPS) is 16.4. The van der Waals surface area contributed by atoms with Crippen molar-refractivity contribution in [1.29, 1.82) is 0 Å². The van der Waals surface area contributed by atoms with Gasteiger partial charge in [-0.05, 0) is 130 Å². The van der Waals surface area contributed by atoms with Crippen molar-refractivity contribution in [3.05, 3.63) is 189 Å². The van der Waals surface area contributed by atoms with Crippen LogP contribution in [0.4, 0.5) is 51.7 Å². The SMILES string of the molecule is CC(C)Oc1cc(N2CCNCC2)ccc1Cl.CCOc1cc(N2CCNCC2)ccc1Cl.CS(=O)(=O)c1ccc(N2CCNCC2)cc1.FC(F)(F)Oc1ccc(N2CCNCC2)cc1.Fc1cc(Cl)ccc1N1CCNCC1.O=C(c1ccccc1)c1cc(Cl)ccc1N1CCNCC1. The molecule has 7 aromatic carbocycles. The van der Waals surface area contributed by atoms with Crippen LogP contribution in [0.15, 0.2) is 157 Å². The molecule has 6 fully saturated rings. The summed E-state index contributed by atoms with van der Waals surface area (Å²) in [6.45, 7) is 29.5. The number of benzene rings is 7. The molecule has 0 aliphatic carbocycles. The van der Waals surface area contributed by atoms with Gasteiger partial charge in [0, 0.05) is 225 Å². The molecule has 548 valence electrons. The van der Waals surface area contributed by atoms with E-state index in [2.05, 4.69) is 73.3 Å². The van der Waals surface area contributed by atoms with Crippen molar-refractivity contribution < 1.29 is 45.0 Å². The van der Waals surface area contributed by atoms with Gasteiger partial charge in [-0.1, -0.05) is 76.7 Å². The minimum atomic E-state index is -4.63. The fraction of sp³-hybridized carbons (Fsp3) is 0.419. The third-order valence-electron chi connectivity index (χ3n) is 16.8. The van der Waals surface area contributed by atoms with Crippen molar-refractivity contribution in [1.82, 2.24) is 31.9 Å². The van der Waals surface area contributed by atoms with Gasteiger partial charge >= 0.3 is 6.36 Å². The van der Waals surface area contributed by atoms with E-state index < -0.39 is 16.2 Å². The Balaban J connectivity index is 0.000000155. The standard InChI is InChI=1S/C17H17ClN2O.C13H19ClN2O.C12H17ClN2O.C11H13F3N2O.C11H16N2O2S.C10H12ClFN2/c18-14-6-7-16(20-10-8-19-9-11-20)15(12-14)17(21)13-4-2-1-3-5-13;1-10(2)17-13-9-11(3-4-12(13)14)16-7-5-15-6-8-16;1-2-16-12-9-10(3-4-11(12)13)15-7-5-14-6-8-15;12-11(13,14)17-10-3-1-9(2-4-10)16-7-5-15-6-8-16;1-16(14,15)11-4-2-10(3-5-11)13-8-6-12-7-9-13;11-8-1-2-10(9(12)7-8)14-5-3-13-4-6-14/h1-7,12,19H,8-11H2;3-4,9-10,15H,5-8H2,1-2H3;3-4,9,14H,2,5-8H2,1H3;1-4,15H,5-8H2;2-5,12H,6-9H2,1H3;1-2,7,13H,3-6H2. The van der Waals surface area contributed by atoms with Crippen LogP contribution in [0.1, 0.15) is 36.7 Å². The molecular formula is C74H94Cl4F4N12O6S. The third-order valence-corrected chi connectivity index (χ3v) is 19.0. The van der Waals surface area contributed by atoms with Crippen LogP contribution in [0.5, 0.6) is 17.2 Å². The van der Waals surface area contributed by atoms with Crippen LogP contribution in [0, 0.1) is 5.82 Å². The lowest BCUT2D eigenvalue weighted by atomic mass is 10.0. The number of hydrogen-bond acceptors (Lipinski definition) is 18. The van der Waals surface area contributed by atoms with Crippen molar-refractivity contribution in [3.8, 4) is 17.2 Å². The van der Waals surface area contributed by atoms with Gasteiger partial charge in [0.1, 0.15) is 23.1 Å². The summed E-state index contributed by atoms with van der Waals surface area (Å²) in [5, 5.41) is 22.1. The molecule has 0 unspecified atom stereocenters. The molecule has 27 heteroatoms. The minimum absolute atomic E-state index is 0.0200. The summed E-state index contributed by atoms with van der Waals surface area (Å²) in [5.74, 6) is 1.15. The van der Waals surface area contributed by atoms with Gasteiger partial charge in [0.25, 0.3) is 0 Å². The minimum Gasteiger partial charge on any atom is -0.492 e. The first-order valence-electron chi connectivity index (χ1n) is 34.2. The van der Waals surface area contributed by atoms with Crippen molar-refractivity contribution in [2.75, 3.05) is 199 Å². The molecule has 0 atom stereocenters. The lowest BCUT2D eigenvalue weighted by Gasteiger charge is -2.31. The van der Waals surface area contributed by atoms with E-state index in [9.17, 15) is 30.8 Å². The Bertz CT molecular complexity index is 3750. The molecule has 6 N–H and O–H groups in total. The van der Waals surface area contributed by atoms with Crippen LogP contribution in [0.3, 0.4) is 0 Å². The maximum atomic E-state index is 13.5. The van der Waals surface area contributed by atoms with Gasteiger partial charge in [-0.2, -0.15) is 0 Å². The predicted octanol–water partition coefficient (Wildman–Crippen LogP) is 12.0. The summed E-state index contributed by atoms with van der Waals surface area (Å²) in [6.07, 6.45) is -3.26. The first kappa shape index (κ1) is 79.7. The van der Waals surface area contributed by atoms with E-state index in [1.807, 2.05) is 105 Å². The van der Waals surface area contributed by atoms with Crippen molar-refractivity contribution in [3.63, 3.8) is 0 Å². The zero-order chi connectivity index (χ0) is 72.2. The van der Waals surface area contributed by atoms with Crippen LogP contribution < -0.4 is 75.5 Å². The maximum Gasteiger partial charge on any atom is 0.573 e. The molecule has 7 aromatic rings. The lowest BCUT2D eigenvalue weighted by molar-refractivity contribution is -0.274. The molecule has 101 heavy (non-hydrogen) atoms. The highest BCUT2D eigenvalue weighted by molar-refractivity contribution is 7.90. The van der Waals surface area contributed by atoms with E-state index >= 15 is 0 Å². The highest BCUT2D eigenvalue weighted by Crippen LogP contribution is 2.33. The Hall–Kier alpha value is -7.00. The average molecular weight is 1500 g/mol. The van der Waals surface area contributed by atoms with Crippen molar-refractivity contribution in [2.24, 2.45) is 0 Å². The van der Waals surface area contributed by atoms with Crippen molar-refractivity contribution in [2.45, 2.75) is 38.1 Å². The smallest absolute Gasteiger partial charge is 0.492 e. The molecule has 0 aromatic heterocycles. The zero-order valence-corrected chi connectivity index (χ0v) is 61.6. The third kappa shape index (κ3) is 26.3. The first-order chi connectivity index (χ1) is 48.6. The Morgan fingerprint density at radius 2 is 0.851 bits per heavy atom. The Morgan fingerprint density at radius 1 is 0.475 bits per heavy atom. The monoisotopic (exact) mass is 1490 g/mol. The number of nitrogens with zero attached hydrogens (tertiary/aromatic N) is 6. The molecule has 6 aliphatic heterocycles. The topological polar surface area (TPSA) is 171 Å². The second-order valence-electron chi connectivity index (χ2n) is 24.5. The molecule has 0 radical (unpaired) electrons. The number of ketones is 1. The van der Waals surface area contributed by atoms with Gasteiger partial charge in [-0.25, -0.2) is 12.8 Å². The lowest BCUT2D eigenvalue weighted by Crippen LogP contribution is -2.44. The molecule has 6 aliphatic rings.